The van der Waals surface area contributed by atoms with Gasteiger partial charge in [-0.3, -0.25) is 10.2 Å². The van der Waals surface area contributed by atoms with Crippen LogP contribution in [0.3, 0.4) is 0 Å². The predicted molar refractivity (Wildman–Crippen MR) is 77.5 cm³/mol. The van der Waals surface area contributed by atoms with Crippen molar-refractivity contribution < 1.29 is 4.79 Å². The number of rotatable bonds is 4. The van der Waals surface area contributed by atoms with Crippen LogP contribution in [0.5, 0.6) is 0 Å². The number of benzene rings is 2. The number of ketones is 1. The standard InChI is InChI=1S/C16H16N2O/c1-2-15(19)12-8-9-13(16(17)18)14(10-12)11-6-4-3-5-7-11/h3-10H,2H2,1H3,(H3,17,18). The second-order valence-electron chi connectivity index (χ2n) is 4.32. The maximum absolute atomic E-state index is 11.8. The van der Waals surface area contributed by atoms with Gasteiger partial charge in [0.25, 0.3) is 0 Å². The van der Waals surface area contributed by atoms with E-state index in [2.05, 4.69) is 0 Å². The molecule has 0 fully saturated rings. The summed E-state index contributed by atoms with van der Waals surface area (Å²) in [5.41, 5.74) is 8.70. The Bertz CT molecular complexity index is 618. The Morgan fingerprint density at radius 1 is 1.16 bits per heavy atom. The molecule has 0 spiro atoms. The van der Waals surface area contributed by atoms with E-state index in [1.165, 1.54) is 0 Å². The largest absolute Gasteiger partial charge is 0.384 e. The fourth-order valence-corrected chi connectivity index (χ4v) is 2.01. The van der Waals surface area contributed by atoms with E-state index in [0.717, 1.165) is 11.1 Å². The van der Waals surface area contributed by atoms with Crippen molar-refractivity contribution in [2.45, 2.75) is 13.3 Å². The van der Waals surface area contributed by atoms with E-state index in [9.17, 15) is 4.79 Å². The van der Waals surface area contributed by atoms with Gasteiger partial charge in [0.15, 0.2) is 5.78 Å². The van der Waals surface area contributed by atoms with E-state index >= 15 is 0 Å². The molecule has 96 valence electrons. The fraction of sp³-hybridized carbons (Fsp3) is 0.125. The van der Waals surface area contributed by atoms with Crippen LogP contribution in [0.2, 0.25) is 0 Å². The molecule has 0 aromatic heterocycles. The highest BCUT2D eigenvalue weighted by Crippen LogP contribution is 2.25. The number of carbonyl (C=O) groups is 1. The molecule has 2 aromatic rings. The average molecular weight is 252 g/mol. The number of hydrogen-bond donors (Lipinski definition) is 2. The number of nitrogen functional groups attached to an aromatic ring is 1. The first-order chi connectivity index (χ1) is 9.13. The first-order valence-electron chi connectivity index (χ1n) is 6.20. The average Bonchev–Trinajstić information content (AvgIpc) is 2.46. The summed E-state index contributed by atoms with van der Waals surface area (Å²) in [5.74, 6) is 0.0987. The zero-order chi connectivity index (χ0) is 13.8. The molecule has 0 aliphatic heterocycles. The van der Waals surface area contributed by atoms with Crippen molar-refractivity contribution in [1.82, 2.24) is 0 Å². The molecule has 0 amide bonds. The van der Waals surface area contributed by atoms with Crippen molar-refractivity contribution in [2.75, 3.05) is 0 Å². The van der Waals surface area contributed by atoms with Crippen molar-refractivity contribution >= 4 is 11.6 Å². The second-order valence-corrected chi connectivity index (χ2v) is 4.32. The van der Waals surface area contributed by atoms with E-state index in [1.807, 2.05) is 43.3 Å². The van der Waals surface area contributed by atoms with Gasteiger partial charge in [0.2, 0.25) is 0 Å². The number of hydrogen-bond acceptors (Lipinski definition) is 2. The zero-order valence-corrected chi connectivity index (χ0v) is 10.8. The SMILES string of the molecule is CCC(=O)c1ccc(C(=N)N)c(-c2ccccc2)c1. The van der Waals surface area contributed by atoms with Crippen molar-refractivity contribution in [2.24, 2.45) is 5.73 Å². The first-order valence-corrected chi connectivity index (χ1v) is 6.20. The van der Waals surface area contributed by atoms with E-state index in [0.29, 0.717) is 17.5 Å². The summed E-state index contributed by atoms with van der Waals surface area (Å²) in [5, 5.41) is 7.64. The van der Waals surface area contributed by atoms with Crippen molar-refractivity contribution in [3.05, 3.63) is 59.7 Å². The number of carbonyl (C=O) groups excluding carboxylic acids is 1. The molecule has 0 heterocycles. The molecule has 3 nitrogen and oxygen atoms in total. The molecule has 0 aliphatic rings. The van der Waals surface area contributed by atoms with E-state index < -0.39 is 0 Å². The Labute approximate surface area is 112 Å². The zero-order valence-electron chi connectivity index (χ0n) is 10.8. The first kappa shape index (κ1) is 13.0. The summed E-state index contributed by atoms with van der Waals surface area (Å²) in [6.45, 7) is 1.84. The third-order valence-corrected chi connectivity index (χ3v) is 3.04. The molecule has 0 atom stereocenters. The van der Waals surface area contributed by atoms with E-state index in [4.69, 9.17) is 11.1 Å². The van der Waals surface area contributed by atoms with Gasteiger partial charge in [-0.1, -0.05) is 43.3 Å². The number of amidine groups is 1. The van der Waals surface area contributed by atoms with Gasteiger partial charge in [0.1, 0.15) is 5.84 Å². The lowest BCUT2D eigenvalue weighted by atomic mass is 9.95. The molecule has 0 unspecified atom stereocenters. The van der Waals surface area contributed by atoms with Crippen LogP contribution in [0.25, 0.3) is 11.1 Å². The van der Waals surface area contributed by atoms with Crippen LogP contribution in [0.1, 0.15) is 29.3 Å². The molecule has 19 heavy (non-hydrogen) atoms. The normalized spacial score (nSPS) is 10.2. The Balaban J connectivity index is 2.61. The lowest BCUT2D eigenvalue weighted by molar-refractivity contribution is 0.0988. The van der Waals surface area contributed by atoms with Crippen LogP contribution in [-0.2, 0) is 0 Å². The molecule has 0 radical (unpaired) electrons. The third kappa shape index (κ3) is 2.71. The fourth-order valence-electron chi connectivity index (χ4n) is 2.01. The Morgan fingerprint density at radius 2 is 1.84 bits per heavy atom. The van der Waals surface area contributed by atoms with Crippen LogP contribution in [0.4, 0.5) is 0 Å². The van der Waals surface area contributed by atoms with Gasteiger partial charge in [-0.15, -0.1) is 0 Å². The van der Waals surface area contributed by atoms with Crippen LogP contribution in [0.15, 0.2) is 48.5 Å². The van der Waals surface area contributed by atoms with Crippen molar-refractivity contribution in [3.63, 3.8) is 0 Å². The van der Waals surface area contributed by atoms with Gasteiger partial charge in [-0.05, 0) is 23.3 Å². The molecular formula is C16H16N2O. The topological polar surface area (TPSA) is 66.9 Å². The Hall–Kier alpha value is -2.42. The van der Waals surface area contributed by atoms with Gasteiger partial charge in [0.05, 0.1) is 0 Å². The van der Waals surface area contributed by atoms with Crippen LogP contribution in [-0.4, -0.2) is 11.6 Å². The van der Waals surface area contributed by atoms with Gasteiger partial charge >= 0.3 is 0 Å². The highest BCUT2D eigenvalue weighted by Gasteiger charge is 2.11. The molecule has 2 aromatic carbocycles. The molecule has 2 rings (SSSR count). The highest BCUT2D eigenvalue weighted by atomic mass is 16.1. The summed E-state index contributed by atoms with van der Waals surface area (Å²) >= 11 is 0. The maximum atomic E-state index is 11.8. The van der Waals surface area contributed by atoms with Gasteiger partial charge in [0, 0.05) is 17.5 Å². The Kier molecular flexibility index (Phi) is 3.76. The highest BCUT2D eigenvalue weighted by molar-refractivity contribution is 6.04. The predicted octanol–water partition coefficient (Wildman–Crippen LogP) is 3.23. The summed E-state index contributed by atoms with van der Waals surface area (Å²) in [6.07, 6.45) is 0.466. The molecule has 0 bridgehead atoms. The van der Waals surface area contributed by atoms with Gasteiger partial charge in [-0.2, -0.15) is 0 Å². The van der Waals surface area contributed by atoms with Crippen molar-refractivity contribution in [3.8, 4) is 11.1 Å². The summed E-state index contributed by atoms with van der Waals surface area (Å²) in [7, 11) is 0. The molecule has 3 heteroatoms. The Morgan fingerprint density at radius 3 is 2.42 bits per heavy atom. The van der Waals surface area contributed by atoms with Crippen LogP contribution >= 0.6 is 0 Å². The van der Waals surface area contributed by atoms with E-state index in [1.54, 1.807) is 12.1 Å². The van der Waals surface area contributed by atoms with Gasteiger partial charge in [-0.25, -0.2) is 0 Å². The minimum absolute atomic E-state index is 0.00866. The molecule has 0 aliphatic carbocycles. The second kappa shape index (κ2) is 5.48. The minimum Gasteiger partial charge on any atom is -0.384 e. The number of nitrogens with two attached hydrogens (primary N) is 1. The molecule has 3 N–H and O–H groups in total. The maximum Gasteiger partial charge on any atom is 0.162 e. The molecular weight excluding hydrogens is 236 g/mol. The van der Waals surface area contributed by atoms with Crippen LogP contribution in [0, 0.1) is 5.41 Å². The van der Waals surface area contributed by atoms with E-state index in [-0.39, 0.29) is 11.6 Å². The lowest BCUT2D eigenvalue weighted by Crippen LogP contribution is -2.13. The van der Waals surface area contributed by atoms with Crippen LogP contribution < -0.4 is 5.73 Å². The summed E-state index contributed by atoms with van der Waals surface area (Å²) in [6, 6.07) is 15.0. The van der Waals surface area contributed by atoms with Crippen molar-refractivity contribution in [1.29, 1.82) is 5.41 Å². The summed E-state index contributed by atoms with van der Waals surface area (Å²) < 4.78 is 0. The smallest absolute Gasteiger partial charge is 0.162 e. The van der Waals surface area contributed by atoms with Gasteiger partial charge < -0.3 is 5.73 Å². The minimum atomic E-state index is 0.00866. The lowest BCUT2D eigenvalue weighted by Gasteiger charge is -2.10. The summed E-state index contributed by atoms with van der Waals surface area (Å²) in [4.78, 5) is 11.8. The number of nitrogens with one attached hydrogen (secondary N) is 1. The number of Topliss-reactive ketones (excluding diaryl/α,β-unsaturated/α-hetero) is 1. The quantitative estimate of drug-likeness (QED) is 0.498. The molecule has 0 saturated carbocycles. The molecule has 0 saturated heterocycles. The monoisotopic (exact) mass is 252 g/mol. The third-order valence-electron chi connectivity index (χ3n) is 3.04.